The highest BCUT2D eigenvalue weighted by atomic mass is 32.2. The number of aromatic nitrogens is 5. The Labute approximate surface area is 372 Å². The molecule has 61 heavy (non-hydrogen) atoms. The van der Waals surface area contributed by atoms with E-state index >= 15 is 0 Å². The van der Waals surface area contributed by atoms with Gasteiger partial charge in [-0.15, -0.1) is 43.1 Å². The maximum atomic E-state index is 11.7. The molecule has 0 aliphatic carbocycles. The fraction of sp³-hybridized carbons (Fsp3) is 0.324. The number of azo groups is 2. The molecule has 0 saturated heterocycles. The summed E-state index contributed by atoms with van der Waals surface area (Å²) in [5.41, 5.74) is 3.96. The zero-order valence-electron chi connectivity index (χ0n) is 33.8. The van der Waals surface area contributed by atoms with Crippen LogP contribution in [0.3, 0.4) is 0 Å². The summed E-state index contributed by atoms with van der Waals surface area (Å²) in [6.07, 6.45) is 0. The highest BCUT2D eigenvalue weighted by Gasteiger charge is 2.19. The monoisotopic (exact) mass is 939 g/mol. The standard InChI is InChI=1S/C37H41N13O5S6/c1-7-49(8-2)21-11-13-23(43-45-31-29-27(54-5)19-57-33(29)47-59-31)25(17-21)38-35-40-36(42-37(41-35)56-15-16-61(51,52)53)39-26-18-22(50(9-3)10-4)12-14-24(26)44-46-32-30-28(55-6)20-58-34(30)48-60-32/h11-14,17-20H,7-10,15-16H2,1-6H3,(H,51,52,53)(H2,38,39,40,41,42)/b45-43+,46-44+. The van der Waals surface area contributed by atoms with Crippen molar-refractivity contribution >= 4 is 144 Å². The first kappa shape index (κ1) is 44.0. The molecule has 0 bridgehead atoms. The molecule has 0 amide bonds. The van der Waals surface area contributed by atoms with Crippen molar-refractivity contribution in [3.05, 3.63) is 47.2 Å². The smallest absolute Gasteiger partial charge is 0.265 e. The lowest BCUT2D eigenvalue weighted by Gasteiger charge is -2.22. The Morgan fingerprint density at radius 1 is 0.705 bits per heavy atom. The molecule has 5 aromatic heterocycles. The Hall–Kier alpha value is -5.11. The van der Waals surface area contributed by atoms with Crippen LogP contribution in [0.25, 0.3) is 20.4 Å². The number of methoxy groups -OCH3 is 2. The molecule has 5 heterocycles. The molecule has 0 saturated carbocycles. The Morgan fingerprint density at radius 3 is 1.57 bits per heavy atom. The van der Waals surface area contributed by atoms with Gasteiger partial charge < -0.3 is 29.9 Å². The average Bonchev–Trinajstić information content (AvgIpc) is 4.04. The van der Waals surface area contributed by atoms with Crippen LogP contribution >= 0.6 is 57.5 Å². The molecular formula is C37H41N13O5S6. The first-order valence-corrected chi connectivity index (χ1v) is 24.8. The van der Waals surface area contributed by atoms with E-state index in [1.165, 1.54) is 45.7 Å². The normalized spacial score (nSPS) is 12.0. The Bertz CT molecular complexity index is 2630. The second kappa shape index (κ2) is 19.7. The van der Waals surface area contributed by atoms with Crippen LogP contribution in [0.15, 0.2) is 72.8 Å². The van der Waals surface area contributed by atoms with Gasteiger partial charge in [-0.1, -0.05) is 11.8 Å². The van der Waals surface area contributed by atoms with Gasteiger partial charge in [-0.3, -0.25) is 4.55 Å². The lowest BCUT2D eigenvalue weighted by molar-refractivity contribution is 0.421. The molecule has 0 spiro atoms. The van der Waals surface area contributed by atoms with Crippen LogP contribution in [-0.2, 0) is 10.1 Å². The molecular weight excluding hydrogens is 899 g/mol. The molecule has 0 aliphatic rings. The van der Waals surface area contributed by atoms with Crippen molar-refractivity contribution in [1.82, 2.24) is 23.7 Å². The van der Waals surface area contributed by atoms with E-state index in [0.29, 0.717) is 44.3 Å². The number of thioether (sulfide) groups is 1. The lowest BCUT2D eigenvalue weighted by atomic mass is 10.2. The summed E-state index contributed by atoms with van der Waals surface area (Å²) >= 11 is 6.45. The third-order valence-corrected chi connectivity index (χ3v) is 14.4. The van der Waals surface area contributed by atoms with Gasteiger partial charge in [-0.05, 0) is 87.2 Å². The number of anilines is 6. The van der Waals surface area contributed by atoms with Crippen LogP contribution in [-0.4, -0.2) is 88.6 Å². The average molecular weight is 940 g/mol. The van der Waals surface area contributed by atoms with Gasteiger partial charge in [0.05, 0.1) is 42.1 Å². The number of thiophene rings is 2. The third kappa shape index (κ3) is 10.3. The molecule has 0 fully saturated rings. The molecule has 24 heteroatoms. The van der Waals surface area contributed by atoms with E-state index in [0.717, 1.165) is 69.7 Å². The fourth-order valence-corrected chi connectivity index (χ4v) is 11.2. The van der Waals surface area contributed by atoms with Gasteiger partial charge in [0, 0.05) is 54.1 Å². The number of fused-ring (bicyclic) bond motifs is 2. The molecule has 0 radical (unpaired) electrons. The number of hydrogen-bond acceptors (Lipinski definition) is 22. The summed E-state index contributed by atoms with van der Waals surface area (Å²) in [7, 11) is -1.02. The molecule has 7 rings (SSSR count). The molecule has 320 valence electrons. The molecule has 7 aromatic rings. The van der Waals surface area contributed by atoms with Gasteiger partial charge >= 0.3 is 0 Å². The topological polar surface area (TPSA) is 217 Å². The summed E-state index contributed by atoms with van der Waals surface area (Å²) < 4.78 is 52.9. The van der Waals surface area contributed by atoms with E-state index in [9.17, 15) is 13.0 Å². The maximum Gasteiger partial charge on any atom is 0.265 e. The maximum absolute atomic E-state index is 11.7. The van der Waals surface area contributed by atoms with Gasteiger partial charge in [0.2, 0.25) is 11.9 Å². The van der Waals surface area contributed by atoms with Crippen LogP contribution in [0.4, 0.5) is 56.0 Å². The summed E-state index contributed by atoms with van der Waals surface area (Å²) in [5, 5.41) is 31.9. The highest BCUT2D eigenvalue weighted by Crippen LogP contribution is 2.44. The van der Waals surface area contributed by atoms with Gasteiger partial charge in [0.25, 0.3) is 10.1 Å². The predicted octanol–water partition coefficient (Wildman–Crippen LogP) is 11.2. The van der Waals surface area contributed by atoms with Crippen LogP contribution in [0.1, 0.15) is 27.7 Å². The summed E-state index contributed by atoms with van der Waals surface area (Å²) in [6.45, 7) is 11.4. The molecule has 18 nitrogen and oxygen atoms in total. The van der Waals surface area contributed by atoms with E-state index < -0.39 is 15.9 Å². The van der Waals surface area contributed by atoms with Crippen molar-refractivity contribution in [2.75, 3.05) is 72.3 Å². The second-order valence-corrected chi connectivity index (χ2v) is 18.6. The second-order valence-electron chi connectivity index (χ2n) is 12.7. The molecule has 3 N–H and O–H groups in total. The predicted molar refractivity (Wildman–Crippen MR) is 250 cm³/mol. The van der Waals surface area contributed by atoms with Gasteiger partial charge in [0.15, 0.2) is 15.2 Å². The first-order chi connectivity index (χ1) is 29.5. The number of ether oxygens (including phenoxy) is 2. The molecule has 0 aliphatic heterocycles. The van der Waals surface area contributed by atoms with Crippen molar-refractivity contribution in [1.29, 1.82) is 0 Å². The first-order valence-electron chi connectivity index (χ1n) is 18.9. The lowest BCUT2D eigenvalue weighted by Crippen LogP contribution is -2.21. The van der Waals surface area contributed by atoms with E-state index in [-0.39, 0.29) is 22.8 Å². The number of nitrogens with one attached hydrogen (secondary N) is 2. The third-order valence-electron chi connectivity index (χ3n) is 9.17. The minimum Gasteiger partial charge on any atom is -0.495 e. The Balaban J connectivity index is 1.29. The Kier molecular flexibility index (Phi) is 14.2. The Morgan fingerprint density at radius 2 is 1.16 bits per heavy atom. The quantitative estimate of drug-likeness (QED) is 0.0368. The van der Waals surface area contributed by atoms with Crippen LogP contribution < -0.4 is 29.9 Å². The zero-order valence-corrected chi connectivity index (χ0v) is 38.7. The van der Waals surface area contributed by atoms with Crippen molar-refractivity contribution in [3.8, 4) is 11.5 Å². The van der Waals surface area contributed by atoms with Gasteiger partial charge in [-0.25, -0.2) is 0 Å². The summed E-state index contributed by atoms with van der Waals surface area (Å²) in [4.78, 5) is 20.1. The van der Waals surface area contributed by atoms with E-state index in [1.54, 1.807) is 14.2 Å². The van der Waals surface area contributed by atoms with Crippen molar-refractivity contribution in [2.24, 2.45) is 20.5 Å². The summed E-state index contributed by atoms with van der Waals surface area (Å²) in [5.74, 6) is 1.12. The van der Waals surface area contributed by atoms with Crippen LogP contribution in [0.2, 0.25) is 0 Å². The molecule has 2 aromatic carbocycles. The van der Waals surface area contributed by atoms with E-state index in [4.69, 9.17) is 14.5 Å². The van der Waals surface area contributed by atoms with Gasteiger partial charge in [-0.2, -0.15) is 32.1 Å². The van der Waals surface area contributed by atoms with E-state index in [1.807, 2.05) is 47.2 Å². The van der Waals surface area contributed by atoms with Crippen molar-refractivity contribution in [3.63, 3.8) is 0 Å². The molecule has 0 unspecified atom stereocenters. The van der Waals surface area contributed by atoms with Gasteiger partial charge in [0.1, 0.15) is 32.5 Å². The number of rotatable bonds is 20. The van der Waals surface area contributed by atoms with Crippen molar-refractivity contribution in [2.45, 2.75) is 32.9 Å². The zero-order chi connectivity index (χ0) is 43.1. The number of nitrogens with zero attached hydrogens (tertiary/aromatic N) is 11. The van der Waals surface area contributed by atoms with Crippen molar-refractivity contribution < 1.29 is 22.4 Å². The SMILES string of the molecule is CCN(CC)c1ccc(/N=N/c2snc3scc(OC)c23)c(Nc2nc(Nc3cc(N(CC)CC)ccc3/N=N/c3snc4scc(OC)c34)nc(SCCS(=O)(=O)O)n2)c1. The minimum absolute atomic E-state index is 0.0136. The van der Waals surface area contributed by atoms with E-state index in [2.05, 4.69) is 87.3 Å². The fourth-order valence-electron chi connectivity index (χ4n) is 6.09. The van der Waals surface area contributed by atoms with Crippen LogP contribution in [0.5, 0.6) is 11.5 Å². The largest absolute Gasteiger partial charge is 0.495 e. The number of benzene rings is 2. The highest BCUT2D eigenvalue weighted by molar-refractivity contribution is 8.00. The number of hydrogen-bond donors (Lipinski definition) is 3. The molecule has 0 atom stereocenters. The summed E-state index contributed by atoms with van der Waals surface area (Å²) in [6, 6.07) is 11.6. The minimum atomic E-state index is -4.24. The van der Waals surface area contributed by atoms with Crippen LogP contribution in [0, 0.1) is 0 Å².